The Morgan fingerprint density at radius 3 is 2.40 bits per heavy atom. The molecule has 0 aromatic carbocycles. The molecular formula is C7H12O3. The number of aliphatic hydroxyl groups is 1. The van der Waals surface area contributed by atoms with Crippen LogP contribution in [0.1, 0.15) is 13.8 Å². The van der Waals surface area contributed by atoms with Crippen molar-refractivity contribution >= 4 is 5.97 Å². The highest BCUT2D eigenvalue weighted by Gasteiger charge is 2.22. The fraction of sp³-hybridized carbons (Fsp3) is 0.571. The van der Waals surface area contributed by atoms with Crippen LogP contribution >= 0.6 is 0 Å². The van der Waals surface area contributed by atoms with Gasteiger partial charge >= 0.3 is 5.97 Å². The number of aliphatic hydroxyl groups excluding tert-OH is 1. The summed E-state index contributed by atoms with van der Waals surface area (Å²) in [6, 6.07) is 0. The molecule has 0 fully saturated rings. The number of aliphatic carboxylic acids is 1. The van der Waals surface area contributed by atoms with Crippen molar-refractivity contribution in [1.82, 2.24) is 0 Å². The summed E-state index contributed by atoms with van der Waals surface area (Å²) in [5.41, 5.74) is -0.872. The van der Waals surface area contributed by atoms with Crippen molar-refractivity contribution in [2.75, 3.05) is 6.61 Å². The molecule has 3 nitrogen and oxygen atoms in total. The molecule has 0 unspecified atom stereocenters. The molecule has 0 saturated carbocycles. The van der Waals surface area contributed by atoms with Crippen LogP contribution in [0.3, 0.4) is 0 Å². The van der Waals surface area contributed by atoms with Gasteiger partial charge in [0.1, 0.15) is 0 Å². The number of rotatable bonds is 3. The summed E-state index contributed by atoms with van der Waals surface area (Å²) >= 11 is 0. The molecule has 0 radical (unpaired) electrons. The van der Waals surface area contributed by atoms with E-state index in [4.69, 9.17) is 10.2 Å². The van der Waals surface area contributed by atoms with Gasteiger partial charge in [-0.25, -0.2) is 0 Å². The minimum Gasteiger partial charge on any atom is -0.481 e. The summed E-state index contributed by atoms with van der Waals surface area (Å²) in [5, 5.41) is 16.9. The number of carbonyl (C=O) groups is 1. The van der Waals surface area contributed by atoms with Gasteiger partial charge in [-0.2, -0.15) is 0 Å². The van der Waals surface area contributed by atoms with Crippen LogP contribution in [-0.2, 0) is 4.79 Å². The molecule has 0 aliphatic rings. The van der Waals surface area contributed by atoms with Crippen molar-refractivity contribution in [2.24, 2.45) is 5.41 Å². The molecule has 0 bridgehead atoms. The normalized spacial score (nSPS) is 12.3. The molecule has 10 heavy (non-hydrogen) atoms. The van der Waals surface area contributed by atoms with Gasteiger partial charge in [0.25, 0.3) is 0 Å². The molecule has 0 heterocycles. The second-order valence-electron chi connectivity index (χ2n) is 2.61. The van der Waals surface area contributed by atoms with Crippen LogP contribution in [0.25, 0.3) is 0 Å². The third kappa shape index (κ3) is 2.64. The Bertz CT molecular complexity index is 147. The van der Waals surface area contributed by atoms with Crippen LogP contribution in [0.15, 0.2) is 12.2 Å². The molecule has 0 aromatic heterocycles. The van der Waals surface area contributed by atoms with Gasteiger partial charge in [-0.05, 0) is 13.8 Å². The predicted molar refractivity (Wildman–Crippen MR) is 37.6 cm³/mol. The fourth-order valence-electron chi connectivity index (χ4n) is 0.419. The summed E-state index contributed by atoms with van der Waals surface area (Å²) in [5.74, 6) is -0.891. The van der Waals surface area contributed by atoms with Gasteiger partial charge in [0.2, 0.25) is 0 Å². The van der Waals surface area contributed by atoms with Gasteiger partial charge in [-0.15, -0.1) is 0 Å². The summed E-state index contributed by atoms with van der Waals surface area (Å²) < 4.78 is 0. The SMILES string of the molecule is CC(C)(/C=C/CO)C(=O)O. The zero-order valence-electron chi connectivity index (χ0n) is 6.16. The molecule has 0 aliphatic carbocycles. The Morgan fingerprint density at radius 1 is 1.60 bits per heavy atom. The van der Waals surface area contributed by atoms with E-state index in [0.29, 0.717) is 0 Å². The Kier molecular flexibility index (Phi) is 3.09. The first-order valence-corrected chi connectivity index (χ1v) is 3.02. The van der Waals surface area contributed by atoms with Crippen LogP contribution in [0, 0.1) is 5.41 Å². The van der Waals surface area contributed by atoms with Crippen LogP contribution < -0.4 is 0 Å². The second-order valence-corrected chi connectivity index (χ2v) is 2.61. The maximum atomic E-state index is 10.4. The minimum atomic E-state index is -0.891. The Labute approximate surface area is 60.0 Å². The van der Waals surface area contributed by atoms with Crippen molar-refractivity contribution in [1.29, 1.82) is 0 Å². The monoisotopic (exact) mass is 144 g/mol. The van der Waals surface area contributed by atoms with E-state index in [9.17, 15) is 4.79 Å². The highest BCUT2D eigenvalue weighted by Crippen LogP contribution is 2.16. The summed E-state index contributed by atoms with van der Waals surface area (Å²) in [7, 11) is 0. The molecular weight excluding hydrogens is 132 g/mol. The average molecular weight is 144 g/mol. The number of hydrogen-bond acceptors (Lipinski definition) is 2. The maximum absolute atomic E-state index is 10.4. The summed E-state index contributed by atoms with van der Waals surface area (Å²) in [6.07, 6.45) is 2.89. The first-order chi connectivity index (χ1) is 4.50. The Balaban J connectivity index is 4.12. The van der Waals surface area contributed by atoms with Gasteiger partial charge in [-0.1, -0.05) is 12.2 Å². The Morgan fingerprint density at radius 2 is 2.10 bits per heavy atom. The molecule has 0 saturated heterocycles. The fourth-order valence-corrected chi connectivity index (χ4v) is 0.419. The van der Waals surface area contributed by atoms with Gasteiger partial charge in [0.05, 0.1) is 12.0 Å². The lowest BCUT2D eigenvalue weighted by molar-refractivity contribution is -0.144. The third-order valence-electron chi connectivity index (χ3n) is 1.19. The van der Waals surface area contributed by atoms with E-state index >= 15 is 0 Å². The number of hydrogen-bond donors (Lipinski definition) is 2. The quantitative estimate of drug-likeness (QED) is 0.571. The lowest BCUT2D eigenvalue weighted by atomic mass is 9.93. The lowest BCUT2D eigenvalue weighted by Gasteiger charge is -2.12. The van der Waals surface area contributed by atoms with E-state index in [1.807, 2.05) is 0 Å². The molecule has 0 amide bonds. The van der Waals surface area contributed by atoms with E-state index in [-0.39, 0.29) is 6.61 Å². The number of carboxylic acids is 1. The van der Waals surface area contributed by atoms with Crippen molar-refractivity contribution in [3.05, 3.63) is 12.2 Å². The minimum absolute atomic E-state index is 0.114. The van der Waals surface area contributed by atoms with E-state index in [1.165, 1.54) is 12.2 Å². The highest BCUT2D eigenvalue weighted by molar-refractivity contribution is 5.75. The van der Waals surface area contributed by atoms with Gasteiger partial charge < -0.3 is 10.2 Å². The maximum Gasteiger partial charge on any atom is 0.312 e. The summed E-state index contributed by atoms with van der Waals surface area (Å²) in [6.45, 7) is 3.03. The zero-order chi connectivity index (χ0) is 8.20. The van der Waals surface area contributed by atoms with Gasteiger partial charge in [-0.3, -0.25) is 4.79 Å². The first-order valence-electron chi connectivity index (χ1n) is 3.02. The van der Waals surface area contributed by atoms with Crippen molar-refractivity contribution in [2.45, 2.75) is 13.8 Å². The smallest absolute Gasteiger partial charge is 0.312 e. The first kappa shape index (κ1) is 9.17. The average Bonchev–Trinajstić information content (AvgIpc) is 1.84. The van der Waals surface area contributed by atoms with E-state index in [2.05, 4.69) is 0 Å². The molecule has 0 spiro atoms. The van der Waals surface area contributed by atoms with E-state index < -0.39 is 11.4 Å². The summed E-state index contributed by atoms with van der Waals surface area (Å²) in [4.78, 5) is 10.4. The molecule has 0 aromatic rings. The lowest BCUT2D eigenvalue weighted by Crippen LogP contribution is -2.20. The van der Waals surface area contributed by atoms with Crippen LogP contribution in [0.2, 0.25) is 0 Å². The largest absolute Gasteiger partial charge is 0.481 e. The highest BCUT2D eigenvalue weighted by atomic mass is 16.4. The topological polar surface area (TPSA) is 57.5 Å². The standard InChI is InChI=1S/C7H12O3/c1-7(2,6(9)10)4-3-5-8/h3-4,8H,5H2,1-2H3,(H,9,10)/b4-3+. The molecule has 2 N–H and O–H groups in total. The van der Waals surface area contributed by atoms with Crippen LogP contribution in [0.5, 0.6) is 0 Å². The van der Waals surface area contributed by atoms with E-state index in [0.717, 1.165) is 0 Å². The number of carboxylic acid groups (broad SMARTS) is 1. The van der Waals surface area contributed by atoms with Gasteiger partial charge in [0.15, 0.2) is 0 Å². The Hall–Kier alpha value is -0.830. The molecule has 3 heteroatoms. The van der Waals surface area contributed by atoms with Crippen LogP contribution in [-0.4, -0.2) is 22.8 Å². The third-order valence-corrected chi connectivity index (χ3v) is 1.19. The zero-order valence-corrected chi connectivity index (χ0v) is 6.16. The predicted octanol–water partition coefficient (Wildman–Crippen LogP) is 0.646. The molecule has 0 atom stereocenters. The molecule has 0 rings (SSSR count). The second kappa shape index (κ2) is 3.37. The van der Waals surface area contributed by atoms with Crippen molar-refractivity contribution in [3.63, 3.8) is 0 Å². The molecule has 58 valence electrons. The van der Waals surface area contributed by atoms with E-state index in [1.54, 1.807) is 13.8 Å². The van der Waals surface area contributed by atoms with Crippen molar-refractivity contribution in [3.8, 4) is 0 Å². The van der Waals surface area contributed by atoms with Gasteiger partial charge in [0, 0.05) is 0 Å². The van der Waals surface area contributed by atoms with Crippen LogP contribution in [0.4, 0.5) is 0 Å². The molecule has 0 aliphatic heterocycles. The van der Waals surface area contributed by atoms with Crippen molar-refractivity contribution < 1.29 is 15.0 Å².